The summed E-state index contributed by atoms with van der Waals surface area (Å²) in [5.41, 5.74) is 0.510. The van der Waals surface area contributed by atoms with Crippen LogP contribution in [0.2, 0.25) is 0 Å². The van der Waals surface area contributed by atoms with Gasteiger partial charge < -0.3 is 5.32 Å². The molecule has 0 aromatic rings. The number of rotatable bonds is 2. The molecule has 1 fully saturated rings. The second kappa shape index (κ2) is 2.91. The van der Waals surface area contributed by atoms with E-state index in [0.717, 1.165) is 6.04 Å². The lowest BCUT2D eigenvalue weighted by Crippen LogP contribution is -2.36. The highest BCUT2D eigenvalue weighted by molar-refractivity contribution is 4.86. The number of hydrogen-bond donors (Lipinski definition) is 1. The average molecular weight is 141 g/mol. The van der Waals surface area contributed by atoms with Crippen molar-refractivity contribution in [2.24, 2.45) is 5.41 Å². The van der Waals surface area contributed by atoms with Gasteiger partial charge in [0.05, 0.1) is 0 Å². The van der Waals surface area contributed by atoms with Gasteiger partial charge in [-0.1, -0.05) is 20.8 Å². The van der Waals surface area contributed by atoms with E-state index in [1.54, 1.807) is 0 Å². The predicted octanol–water partition coefficient (Wildman–Crippen LogP) is 2.17. The highest BCUT2D eigenvalue weighted by Crippen LogP contribution is 2.29. The van der Waals surface area contributed by atoms with Gasteiger partial charge in [0, 0.05) is 6.04 Å². The van der Waals surface area contributed by atoms with Gasteiger partial charge in [0.15, 0.2) is 0 Å². The molecule has 60 valence electrons. The van der Waals surface area contributed by atoms with Gasteiger partial charge >= 0.3 is 0 Å². The summed E-state index contributed by atoms with van der Waals surface area (Å²) in [6.07, 6.45) is 4.03. The molecule has 1 atom stereocenters. The maximum Gasteiger partial charge on any atom is 0.0119 e. The Kier molecular flexibility index (Phi) is 2.35. The predicted molar refractivity (Wildman–Crippen MR) is 45.1 cm³/mol. The van der Waals surface area contributed by atoms with Gasteiger partial charge in [-0.15, -0.1) is 0 Å². The van der Waals surface area contributed by atoms with E-state index in [1.807, 2.05) is 0 Å². The zero-order valence-electron chi connectivity index (χ0n) is 7.41. The van der Waals surface area contributed by atoms with Crippen molar-refractivity contribution in [2.45, 2.75) is 46.1 Å². The molecule has 0 aromatic heterocycles. The lowest BCUT2D eigenvalue weighted by molar-refractivity contribution is 0.253. The fourth-order valence-corrected chi connectivity index (χ4v) is 1.60. The van der Waals surface area contributed by atoms with E-state index in [1.165, 1.54) is 25.8 Å². The van der Waals surface area contributed by atoms with E-state index >= 15 is 0 Å². The monoisotopic (exact) mass is 141 g/mol. The van der Waals surface area contributed by atoms with Crippen molar-refractivity contribution in [2.75, 3.05) is 6.54 Å². The molecule has 1 aliphatic heterocycles. The molecule has 0 aliphatic carbocycles. The molecule has 1 unspecified atom stereocenters. The van der Waals surface area contributed by atoms with Crippen molar-refractivity contribution in [3.05, 3.63) is 0 Å². The third-order valence-corrected chi connectivity index (χ3v) is 2.91. The molecule has 10 heavy (non-hydrogen) atoms. The molecule has 1 rings (SSSR count). The first-order chi connectivity index (χ1) is 4.67. The van der Waals surface area contributed by atoms with Gasteiger partial charge in [-0.25, -0.2) is 0 Å². The van der Waals surface area contributed by atoms with E-state index in [0.29, 0.717) is 5.41 Å². The Morgan fingerprint density at radius 3 is 2.60 bits per heavy atom. The van der Waals surface area contributed by atoms with Crippen LogP contribution in [0.25, 0.3) is 0 Å². The van der Waals surface area contributed by atoms with Crippen LogP contribution in [0.4, 0.5) is 0 Å². The molecule has 0 aromatic carbocycles. The van der Waals surface area contributed by atoms with Crippen LogP contribution in [0.15, 0.2) is 0 Å². The first-order valence-corrected chi connectivity index (χ1v) is 4.40. The van der Waals surface area contributed by atoms with E-state index in [4.69, 9.17) is 0 Å². The normalized spacial score (nSPS) is 27.3. The smallest absolute Gasteiger partial charge is 0.0119 e. The second-order valence-electron chi connectivity index (χ2n) is 3.99. The lowest BCUT2D eigenvalue weighted by Gasteiger charge is -2.30. The summed E-state index contributed by atoms with van der Waals surface area (Å²) >= 11 is 0. The molecule has 1 nitrogen and oxygen atoms in total. The Hall–Kier alpha value is -0.0400. The first-order valence-electron chi connectivity index (χ1n) is 4.40. The van der Waals surface area contributed by atoms with Gasteiger partial charge in [-0.3, -0.25) is 0 Å². The summed E-state index contributed by atoms with van der Waals surface area (Å²) < 4.78 is 0. The van der Waals surface area contributed by atoms with Crippen molar-refractivity contribution in [3.8, 4) is 0 Å². The highest BCUT2D eigenvalue weighted by atomic mass is 15.0. The topological polar surface area (TPSA) is 12.0 Å². The summed E-state index contributed by atoms with van der Waals surface area (Å²) in [6.45, 7) is 8.22. The molecule has 1 heteroatoms. The first kappa shape index (κ1) is 8.06. The van der Waals surface area contributed by atoms with Crippen LogP contribution >= 0.6 is 0 Å². The van der Waals surface area contributed by atoms with Crippen LogP contribution in [0.3, 0.4) is 0 Å². The van der Waals surface area contributed by atoms with Crippen LogP contribution in [-0.4, -0.2) is 12.6 Å². The summed E-state index contributed by atoms with van der Waals surface area (Å²) in [5, 5.41) is 3.55. The third-order valence-electron chi connectivity index (χ3n) is 2.91. The number of nitrogens with one attached hydrogen (secondary N) is 1. The van der Waals surface area contributed by atoms with E-state index in [9.17, 15) is 0 Å². The Bertz CT molecular complexity index is 101. The van der Waals surface area contributed by atoms with Crippen LogP contribution in [-0.2, 0) is 0 Å². The standard InChI is InChI=1S/C9H19N/c1-4-9(2,3)8-6-5-7-10-8/h8,10H,4-7H2,1-3H3. The van der Waals surface area contributed by atoms with Crippen LogP contribution < -0.4 is 5.32 Å². The lowest BCUT2D eigenvalue weighted by atomic mass is 9.81. The summed E-state index contributed by atoms with van der Waals surface area (Å²) in [7, 11) is 0. The Morgan fingerprint density at radius 2 is 2.20 bits per heavy atom. The maximum absolute atomic E-state index is 3.55. The quantitative estimate of drug-likeness (QED) is 0.621. The van der Waals surface area contributed by atoms with E-state index < -0.39 is 0 Å². The van der Waals surface area contributed by atoms with E-state index in [2.05, 4.69) is 26.1 Å². The zero-order valence-corrected chi connectivity index (χ0v) is 7.41. The summed E-state index contributed by atoms with van der Waals surface area (Å²) in [5.74, 6) is 0. The molecule has 0 amide bonds. The molecule has 1 aliphatic rings. The average Bonchev–Trinajstić information content (AvgIpc) is 2.38. The number of hydrogen-bond acceptors (Lipinski definition) is 1. The molecular weight excluding hydrogens is 122 g/mol. The van der Waals surface area contributed by atoms with Gasteiger partial charge in [0.25, 0.3) is 0 Å². The van der Waals surface area contributed by atoms with Crippen LogP contribution in [0, 0.1) is 5.41 Å². The fourth-order valence-electron chi connectivity index (χ4n) is 1.60. The molecule has 1 saturated heterocycles. The van der Waals surface area contributed by atoms with Gasteiger partial charge in [-0.05, 0) is 31.2 Å². The Morgan fingerprint density at radius 1 is 1.50 bits per heavy atom. The summed E-state index contributed by atoms with van der Waals surface area (Å²) in [6, 6.07) is 0.775. The molecule has 1 heterocycles. The maximum atomic E-state index is 3.55. The second-order valence-corrected chi connectivity index (χ2v) is 3.99. The minimum absolute atomic E-state index is 0.510. The van der Waals surface area contributed by atoms with Crippen molar-refractivity contribution < 1.29 is 0 Å². The molecule has 0 saturated carbocycles. The molecule has 0 radical (unpaired) electrons. The van der Waals surface area contributed by atoms with Gasteiger partial charge in [-0.2, -0.15) is 0 Å². The largest absolute Gasteiger partial charge is 0.313 e. The third kappa shape index (κ3) is 1.51. The van der Waals surface area contributed by atoms with Crippen LogP contribution in [0.5, 0.6) is 0 Å². The van der Waals surface area contributed by atoms with Crippen molar-refractivity contribution in [1.82, 2.24) is 5.32 Å². The van der Waals surface area contributed by atoms with E-state index in [-0.39, 0.29) is 0 Å². The fraction of sp³-hybridized carbons (Fsp3) is 1.00. The van der Waals surface area contributed by atoms with Crippen LogP contribution in [0.1, 0.15) is 40.0 Å². The minimum Gasteiger partial charge on any atom is -0.313 e. The summed E-state index contributed by atoms with van der Waals surface area (Å²) in [4.78, 5) is 0. The minimum atomic E-state index is 0.510. The van der Waals surface area contributed by atoms with Gasteiger partial charge in [0.2, 0.25) is 0 Å². The molecule has 0 bridgehead atoms. The molecule has 1 N–H and O–H groups in total. The van der Waals surface area contributed by atoms with Crippen molar-refractivity contribution in [3.63, 3.8) is 0 Å². The Balaban J connectivity index is 2.45. The SMILES string of the molecule is CCC(C)(C)C1CCCN1. The van der Waals surface area contributed by atoms with Gasteiger partial charge in [0.1, 0.15) is 0 Å². The molecular formula is C9H19N. The molecule has 0 spiro atoms. The van der Waals surface area contributed by atoms with Crippen molar-refractivity contribution in [1.29, 1.82) is 0 Å². The highest BCUT2D eigenvalue weighted by Gasteiger charge is 2.29. The zero-order chi connectivity index (χ0) is 7.61. The van der Waals surface area contributed by atoms with Crippen molar-refractivity contribution >= 4 is 0 Å². The Labute approximate surface area is 64.2 Å².